The van der Waals surface area contributed by atoms with E-state index < -0.39 is 27.6 Å². The quantitative estimate of drug-likeness (QED) is 0.334. The summed E-state index contributed by atoms with van der Waals surface area (Å²) in [5.74, 6) is -0.823. The Labute approximate surface area is 155 Å². The fourth-order valence-corrected chi connectivity index (χ4v) is 3.71. The van der Waals surface area contributed by atoms with E-state index in [1.807, 2.05) is 13.8 Å². The lowest BCUT2D eigenvalue weighted by Gasteiger charge is -2.26. The minimum Gasteiger partial charge on any atom is -0.466 e. The van der Waals surface area contributed by atoms with E-state index >= 15 is 0 Å². The molecule has 0 amide bonds. The molecule has 0 heterocycles. The van der Waals surface area contributed by atoms with Crippen molar-refractivity contribution in [3.63, 3.8) is 0 Å². The third-order valence-electron chi connectivity index (χ3n) is 3.83. The molecule has 1 rings (SSSR count). The van der Waals surface area contributed by atoms with E-state index in [4.69, 9.17) is 14.2 Å². The first-order valence-corrected chi connectivity index (χ1v) is 10.2. The summed E-state index contributed by atoms with van der Waals surface area (Å²) in [7, 11) is -4.33. The molecular formula is C18H28O7S. The van der Waals surface area contributed by atoms with E-state index in [-0.39, 0.29) is 18.9 Å². The fourth-order valence-electron chi connectivity index (χ4n) is 2.70. The van der Waals surface area contributed by atoms with E-state index in [0.717, 1.165) is 0 Å². The molecule has 0 fully saturated rings. The lowest BCUT2D eigenvalue weighted by Crippen LogP contribution is -2.27. The van der Waals surface area contributed by atoms with Crippen molar-refractivity contribution in [2.45, 2.75) is 45.2 Å². The van der Waals surface area contributed by atoms with Gasteiger partial charge in [-0.25, -0.2) is 0 Å². The van der Waals surface area contributed by atoms with Crippen LogP contribution in [0.15, 0.2) is 30.3 Å². The van der Waals surface area contributed by atoms with Gasteiger partial charge in [0.05, 0.1) is 6.61 Å². The van der Waals surface area contributed by atoms with Crippen LogP contribution in [0.5, 0.6) is 0 Å². The molecule has 8 heteroatoms. The van der Waals surface area contributed by atoms with Gasteiger partial charge in [-0.15, -0.1) is 0 Å². The van der Waals surface area contributed by atoms with Gasteiger partial charge in [-0.2, -0.15) is 8.42 Å². The van der Waals surface area contributed by atoms with Gasteiger partial charge in [0.2, 0.25) is 0 Å². The molecule has 0 aromatic heterocycles. The zero-order valence-electron chi connectivity index (χ0n) is 15.5. The van der Waals surface area contributed by atoms with Crippen LogP contribution in [0.1, 0.15) is 44.4 Å². The van der Waals surface area contributed by atoms with E-state index in [0.29, 0.717) is 25.2 Å². The zero-order chi connectivity index (χ0) is 19.6. The number of hydrogen-bond donors (Lipinski definition) is 1. The summed E-state index contributed by atoms with van der Waals surface area (Å²) in [6.07, 6.45) is -0.121. The second-order valence-corrected chi connectivity index (χ2v) is 7.49. The highest BCUT2D eigenvalue weighted by molar-refractivity contribution is 7.86. The maximum absolute atomic E-state index is 11.9. The Balaban J connectivity index is 3.00. The Morgan fingerprint density at radius 1 is 1.08 bits per heavy atom. The average Bonchev–Trinajstić information content (AvgIpc) is 2.57. The summed E-state index contributed by atoms with van der Waals surface area (Å²) in [5.41, 5.74) is 0.479. The lowest BCUT2D eigenvalue weighted by molar-refractivity contribution is -0.155. The molecule has 1 unspecified atom stereocenters. The fraction of sp³-hybridized carbons (Fsp3) is 0.611. The van der Waals surface area contributed by atoms with Gasteiger partial charge in [0.25, 0.3) is 10.1 Å². The van der Waals surface area contributed by atoms with Crippen molar-refractivity contribution in [1.82, 2.24) is 0 Å². The van der Waals surface area contributed by atoms with Crippen molar-refractivity contribution >= 4 is 16.1 Å². The first-order valence-electron chi connectivity index (χ1n) is 8.65. The summed E-state index contributed by atoms with van der Waals surface area (Å²) >= 11 is 0. The Bertz CT molecular complexity index is 624. The van der Waals surface area contributed by atoms with Crippen LogP contribution in [0, 0.1) is 5.92 Å². The van der Waals surface area contributed by atoms with Crippen LogP contribution in [0.4, 0.5) is 0 Å². The predicted molar refractivity (Wildman–Crippen MR) is 97.1 cm³/mol. The smallest absolute Gasteiger partial charge is 0.302 e. The van der Waals surface area contributed by atoms with Crippen LogP contribution >= 0.6 is 0 Å². The van der Waals surface area contributed by atoms with Crippen molar-refractivity contribution in [2.24, 2.45) is 5.92 Å². The van der Waals surface area contributed by atoms with Crippen LogP contribution in [0.2, 0.25) is 0 Å². The third-order valence-corrected chi connectivity index (χ3v) is 5.02. The molecule has 148 valence electrons. The van der Waals surface area contributed by atoms with Crippen molar-refractivity contribution in [1.29, 1.82) is 0 Å². The van der Waals surface area contributed by atoms with Crippen molar-refractivity contribution in [3.8, 4) is 0 Å². The molecule has 2 atom stereocenters. The summed E-state index contributed by atoms with van der Waals surface area (Å²) in [6, 6.07) is 8.46. The Morgan fingerprint density at radius 2 is 1.65 bits per heavy atom. The van der Waals surface area contributed by atoms with Crippen molar-refractivity contribution in [3.05, 3.63) is 35.9 Å². The second kappa shape index (κ2) is 11.3. The highest BCUT2D eigenvalue weighted by Crippen LogP contribution is 2.31. The highest BCUT2D eigenvalue weighted by atomic mass is 32.2. The molecule has 0 saturated heterocycles. The number of carbonyl (C=O) groups excluding carboxylic acids is 1. The van der Waals surface area contributed by atoms with Crippen LogP contribution in [-0.2, 0) is 29.1 Å². The van der Waals surface area contributed by atoms with Gasteiger partial charge in [-0.3, -0.25) is 9.35 Å². The van der Waals surface area contributed by atoms with Crippen LogP contribution < -0.4 is 0 Å². The molecule has 0 aliphatic rings. The first-order chi connectivity index (χ1) is 12.3. The van der Waals surface area contributed by atoms with E-state index in [9.17, 15) is 17.8 Å². The molecule has 0 spiro atoms. The Kier molecular flexibility index (Phi) is 9.79. The number of rotatable bonds is 12. The maximum atomic E-state index is 11.9. The molecule has 1 N–H and O–H groups in total. The number of benzene rings is 1. The van der Waals surface area contributed by atoms with Gasteiger partial charge < -0.3 is 14.2 Å². The topological polar surface area (TPSA) is 99.1 Å². The largest absolute Gasteiger partial charge is 0.466 e. The molecule has 0 radical (unpaired) electrons. The zero-order valence-corrected chi connectivity index (χ0v) is 16.3. The number of hydrogen-bond acceptors (Lipinski definition) is 6. The van der Waals surface area contributed by atoms with E-state index in [1.54, 1.807) is 30.3 Å². The second-order valence-electron chi connectivity index (χ2n) is 5.89. The predicted octanol–water partition coefficient (Wildman–Crippen LogP) is 2.97. The number of carbonyl (C=O) groups is 1. The van der Waals surface area contributed by atoms with Gasteiger partial charge in [0, 0.05) is 26.6 Å². The molecule has 0 aliphatic heterocycles. The molecule has 7 nitrogen and oxygen atoms in total. The molecule has 0 aliphatic carbocycles. The minimum atomic E-state index is -4.33. The molecule has 0 saturated carbocycles. The van der Waals surface area contributed by atoms with Crippen molar-refractivity contribution in [2.75, 3.05) is 19.8 Å². The van der Waals surface area contributed by atoms with E-state index in [2.05, 4.69) is 0 Å². The van der Waals surface area contributed by atoms with Gasteiger partial charge in [0.1, 0.15) is 5.25 Å². The SMILES string of the molecule is CCOC(C[C@H](COC(C)=O)CC(c1ccccc1)S(=O)(=O)O)OCC. The Morgan fingerprint density at radius 3 is 2.12 bits per heavy atom. The molecular weight excluding hydrogens is 360 g/mol. The molecule has 1 aromatic carbocycles. The van der Waals surface area contributed by atoms with Crippen molar-refractivity contribution < 1.29 is 32.0 Å². The summed E-state index contributed by atoms with van der Waals surface area (Å²) in [4.78, 5) is 11.2. The first kappa shape index (κ1) is 22.6. The number of esters is 1. The summed E-state index contributed by atoms with van der Waals surface area (Å²) in [6.45, 7) is 5.84. The standard InChI is InChI=1S/C18H28O7S/c1-4-23-18(24-5-2)12-15(13-25-14(3)19)11-17(26(20,21)22)16-9-7-6-8-10-16/h6-10,15,17-18H,4-5,11-13H2,1-3H3,(H,20,21,22)/t15-,17?/m1/s1. The monoisotopic (exact) mass is 388 g/mol. The van der Waals surface area contributed by atoms with E-state index in [1.165, 1.54) is 6.92 Å². The Hall–Kier alpha value is -1.48. The highest BCUT2D eigenvalue weighted by Gasteiger charge is 2.30. The van der Waals surface area contributed by atoms with Crippen LogP contribution in [0.3, 0.4) is 0 Å². The summed E-state index contributed by atoms with van der Waals surface area (Å²) < 4.78 is 49.7. The minimum absolute atomic E-state index is 0.0187. The molecule has 1 aromatic rings. The lowest BCUT2D eigenvalue weighted by atomic mass is 9.96. The third kappa shape index (κ3) is 8.27. The molecule has 0 bridgehead atoms. The van der Waals surface area contributed by atoms with Crippen LogP contribution in [-0.4, -0.2) is 45.1 Å². The number of ether oxygens (including phenoxy) is 3. The normalized spacial score (nSPS) is 14.2. The summed E-state index contributed by atoms with van der Waals surface area (Å²) in [5, 5.41) is -1.12. The van der Waals surface area contributed by atoms with Gasteiger partial charge >= 0.3 is 5.97 Å². The maximum Gasteiger partial charge on any atom is 0.302 e. The van der Waals surface area contributed by atoms with Gasteiger partial charge in [0.15, 0.2) is 6.29 Å². The average molecular weight is 388 g/mol. The van der Waals surface area contributed by atoms with Crippen LogP contribution in [0.25, 0.3) is 0 Å². The molecule has 26 heavy (non-hydrogen) atoms. The van der Waals surface area contributed by atoms with Gasteiger partial charge in [-0.1, -0.05) is 30.3 Å². The van der Waals surface area contributed by atoms with Gasteiger partial charge in [-0.05, 0) is 31.7 Å².